The predicted octanol–water partition coefficient (Wildman–Crippen LogP) is 2.84. The van der Waals surface area contributed by atoms with Gasteiger partial charge >= 0.3 is 5.97 Å². The highest BCUT2D eigenvalue weighted by Crippen LogP contribution is 2.16. The first-order valence-electron chi connectivity index (χ1n) is 6.82. The summed E-state index contributed by atoms with van der Waals surface area (Å²) >= 11 is 0. The Bertz CT molecular complexity index is 885. The fourth-order valence-electron chi connectivity index (χ4n) is 2.29. The summed E-state index contributed by atoms with van der Waals surface area (Å²) in [5.74, 6) is -1.23. The Morgan fingerprint density at radius 3 is 2.64 bits per heavy atom. The number of aromatic nitrogens is 1. The molecule has 0 unspecified atom stereocenters. The first-order valence-corrected chi connectivity index (χ1v) is 6.82. The average Bonchev–Trinajstić information content (AvgIpc) is 2.54. The van der Waals surface area contributed by atoms with Gasteiger partial charge in [0.2, 0.25) is 5.43 Å². The fourth-order valence-corrected chi connectivity index (χ4v) is 2.29. The highest BCUT2D eigenvalue weighted by atomic mass is 16.4. The molecule has 5 nitrogen and oxygen atoms in total. The van der Waals surface area contributed by atoms with Crippen molar-refractivity contribution in [2.75, 3.05) is 5.32 Å². The quantitative estimate of drug-likeness (QED) is 0.691. The number of anilines is 1. The third-order valence-electron chi connectivity index (χ3n) is 3.45. The van der Waals surface area contributed by atoms with Gasteiger partial charge in [-0.3, -0.25) is 4.79 Å². The van der Waals surface area contributed by atoms with Crippen LogP contribution in [0.2, 0.25) is 0 Å². The number of hydrogen-bond acceptors (Lipinski definition) is 3. The van der Waals surface area contributed by atoms with Crippen molar-refractivity contribution in [3.05, 3.63) is 76.1 Å². The Morgan fingerprint density at radius 1 is 1.14 bits per heavy atom. The maximum atomic E-state index is 12.2. The van der Waals surface area contributed by atoms with E-state index in [-0.39, 0.29) is 5.56 Å². The predicted molar refractivity (Wildman–Crippen MR) is 85.3 cm³/mol. The fraction of sp³-hybridized carbons (Fsp3) is 0.0588. The van der Waals surface area contributed by atoms with Gasteiger partial charge in [0.05, 0.1) is 0 Å². The number of pyridine rings is 1. The molecule has 0 spiro atoms. The largest absolute Gasteiger partial charge is 0.477 e. The number of H-pyrrole nitrogens is 1. The van der Waals surface area contributed by atoms with Gasteiger partial charge in [0.1, 0.15) is 5.56 Å². The number of nitrogens with one attached hydrogen (secondary N) is 2. The molecule has 0 aliphatic rings. The maximum Gasteiger partial charge on any atom is 0.341 e. The molecule has 22 heavy (non-hydrogen) atoms. The summed E-state index contributed by atoms with van der Waals surface area (Å²) in [7, 11) is 0. The Kier molecular flexibility index (Phi) is 3.62. The first-order chi connectivity index (χ1) is 10.6. The zero-order chi connectivity index (χ0) is 15.5. The van der Waals surface area contributed by atoms with Crippen LogP contribution in [-0.4, -0.2) is 16.1 Å². The van der Waals surface area contributed by atoms with Gasteiger partial charge in [-0.05, 0) is 23.8 Å². The van der Waals surface area contributed by atoms with Crippen LogP contribution in [0.5, 0.6) is 0 Å². The lowest BCUT2D eigenvalue weighted by Gasteiger charge is -2.08. The van der Waals surface area contributed by atoms with Gasteiger partial charge in [-0.15, -0.1) is 0 Å². The number of hydrogen-bond donors (Lipinski definition) is 3. The first kappa shape index (κ1) is 13.9. The summed E-state index contributed by atoms with van der Waals surface area (Å²) in [5, 5.41) is 12.6. The van der Waals surface area contributed by atoms with Crippen LogP contribution >= 0.6 is 0 Å². The van der Waals surface area contributed by atoms with Crippen LogP contribution in [-0.2, 0) is 6.54 Å². The minimum absolute atomic E-state index is 0.257. The van der Waals surface area contributed by atoms with E-state index in [4.69, 9.17) is 5.11 Å². The third-order valence-corrected chi connectivity index (χ3v) is 3.45. The highest BCUT2D eigenvalue weighted by molar-refractivity contribution is 5.93. The molecule has 1 aromatic heterocycles. The van der Waals surface area contributed by atoms with Crippen molar-refractivity contribution in [2.24, 2.45) is 0 Å². The Labute approximate surface area is 126 Å². The molecule has 0 saturated heterocycles. The molecule has 3 N–H and O–H groups in total. The number of benzene rings is 2. The van der Waals surface area contributed by atoms with Crippen molar-refractivity contribution in [1.82, 2.24) is 4.98 Å². The van der Waals surface area contributed by atoms with Crippen LogP contribution in [0, 0.1) is 0 Å². The number of aromatic amines is 1. The molecule has 0 aliphatic carbocycles. The summed E-state index contributed by atoms with van der Waals surface area (Å²) in [6.45, 7) is 0.628. The van der Waals surface area contributed by atoms with E-state index >= 15 is 0 Å². The molecule has 0 fully saturated rings. The minimum Gasteiger partial charge on any atom is -0.477 e. The van der Waals surface area contributed by atoms with Gasteiger partial charge in [-0.25, -0.2) is 4.79 Å². The minimum atomic E-state index is -1.23. The topological polar surface area (TPSA) is 82.2 Å². The second-order valence-electron chi connectivity index (χ2n) is 4.94. The molecule has 0 atom stereocenters. The molecule has 0 aliphatic heterocycles. The van der Waals surface area contributed by atoms with Crippen LogP contribution in [0.4, 0.5) is 5.69 Å². The van der Waals surface area contributed by atoms with Crippen LogP contribution in [0.3, 0.4) is 0 Å². The van der Waals surface area contributed by atoms with Crippen LogP contribution < -0.4 is 10.7 Å². The number of carbonyl (C=O) groups is 1. The molecular formula is C17H14N2O3. The molecule has 110 valence electrons. The van der Waals surface area contributed by atoms with Crippen LogP contribution in [0.25, 0.3) is 10.9 Å². The number of aromatic carboxylic acids is 1. The number of carboxylic acids is 1. The van der Waals surface area contributed by atoms with Crippen molar-refractivity contribution in [3.8, 4) is 0 Å². The molecule has 0 saturated carbocycles. The van der Waals surface area contributed by atoms with Gasteiger partial charge in [0.15, 0.2) is 0 Å². The van der Waals surface area contributed by atoms with Crippen LogP contribution in [0.1, 0.15) is 15.9 Å². The molecule has 0 amide bonds. The van der Waals surface area contributed by atoms with Gasteiger partial charge in [-0.1, -0.05) is 30.3 Å². The van der Waals surface area contributed by atoms with Crippen molar-refractivity contribution < 1.29 is 9.90 Å². The lowest BCUT2D eigenvalue weighted by molar-refractivity contribution is 0.0695. The smallest absolute Gasteiger partial charge is 0.341 e. The van der Waals surface area contributed by atoms with Gasteiger partial charge in [-0.2, -0.15) is 0 Å². The molecule has 0 bridgehead atoms. The summed E-state index contributed by atoms with van der Waals surface area (Å²) < 4.78 is 0. The van der Waals surface area contributed by atoms with E-state index < -0.39 is 11.4 Å². The lowest BCUT2D eigenvalue weighted by atomic mass is 10.1. The van der Waals surface area contributed by atoms with Crippen molar-refractivity contribution >= 4 is 22.6 Å². The summed E-state index contributed by atoms with van der Waals surface area (Å²) in [4.78, 5) is 26.0. The maximum absolute atomic E-state index is 12.2. The molecule has 1 heterocycles. The molecule has 0 radical (unpaired) electrons. The summed E-state index contributed by atoms with van der Waals surface area (Å²) in [5.41, 5.74) is 1.76. The van der Waals surface area contributed by atoms with Crippen molar-refractivity contribution in [3.63, 3.8) is 0 Å². The van der Waals surface area contributed by atoms with E-state index in [1.54, 1.807) is 12.1 Å². The lowest BCUT2D eigenvalue weighted by Crippen LogP contribution is -2.15. The molecular weight excluding hydrogens is 280 g/mol. The summed E-state index contributed by atoms with van der Waals surface area (Å²) in [6.07, 6.45) is 1.23. The van der Waals surface area contributed by atoms with E-state index in [1.807, 2.05) is 36.4 Å². The van der Waals surface area contributed by atoms with Crippen molar-refractivity contribution in [2.45, 2.75) is 6.54 Å². The third kappa shape index (κ3) is 2.69. The van der Waals surface area contributed by atoms with E-state index in [0.717, 1.165) is 11.3 Å². The molecule has 3 rings (SSSR count). The average molecular weight is 294 g/mol. The van der Waals surface area contributed by atoms with Crippen LogP contribution in [0.15, 0.2) is 59.5 Å². The number of carboxylic acid groups (broad SMARTS) is 1. The second kappa shape index (κ2) is 5.73. The number of fused-ring (bicyclic) bond motifs is 1. The SMILES string of the molecule is O=C(O)c1c[nH]c2ccc(NCc3ccccc3)cc2c1=O. The van der Waals surface area contributed by atoms with E-state index in [2.05, 4.69) is 10.3 Å². The zero-order valence-electron chi connectivity index (χ0n) is 11.7. The van der Waals surface area contributed by atoms with Crippen molar-refractivity contribution in [1.29, 1.82) is 0 Å². The van der Waals surface area contributed by atoms with E-state index in [9.17, 15) is 9.59 Å². The second-order valence-corrected chi connectivity index (χ2v) is 4.94. The normalized spacial score (nSPS) is 10.5. The molecule has 5 heteroatoms. The number of rotatable bonds is 4. The monoisotopic (exact) mass is 294 g/mol. The molecule has 3 aromatic rings. The Morgan fingerprint density at radius 2 is 1.91 bits per heavy atom. The highest BCUT2D eigenvalue weighted by Gasteiger charge is 2.11. The Hall–Kier alpha value is -3.08. The standard InChI is InChI=1S/C17H14N2O3/c20-16-13-8-12(18-9-11-4-2-1-3-5-11)6-7-15(13)19-10-14(16)17(21)22/h1-8,10,18H,9H2,(H,19,20)(H,21,22). The molecule has 2 aromatic carbocycles. The van der Waals surface area contributed by atoms with Gasteiger partial charge < -0.3 is 15.4 Å². The van der Waals surface area contributed by atoms with E-state index in [1.165, 1.54) is 6.20 Å². The summed E-state index contributed by atoms with van der Waals surface area (Å²) in [6, 6.07) is 15.2. The van der Waals surface area contributed by atoms with E-state index in [0.29, 0.717) is 17.4 Å². The Balaban J connectivity index is 1.93. The van der Waals surface area contributed by atoms with Gasteiger partial charge in [0.25, 0.3) is 0 Å². The zero-order valence-corrected chi connectivity index (χ0v) is 11.7. The van der Waals surface area contributed by atoms with Gasteiger partial charge in [0, 0.05) is 29.3 Å².